The van der Waals surface area contributed by atoms with E-state index < -0.39 is 17.1 Å². The quantitative estimate of drug-likeness (QED) is 0.716. The first-order valence-corrected chi connectivity index (χ1v) is 6.15. The SMILES string of the molecule is Cn1nnc2c(C(=O)NC(C)(C)CCN)ncn2c1=O. The largest absolute Gasteiger partial charge is 0.352 e. The summed E-state index contributed by atoms with van der Waals surface area (Å²) in [6.07, 6.45) is 1.88. The molecule has 0 aliphatic carbocycles. The van der Waals surface area contributed by atoms with Gasteiger partial charge in [0.1, 0.15) is 6.33 Å². The summed E-state index contributed by atoms with van der Waals surface area (Å²) in [5.41, 5.74) is 4.82. The number of hydrogen-bond donors (Lipinski definition) is 2. The van der Waals surface area contributed by atoms with Crippen molar-refractivity contribution >= 4 is 11.6 Å². The number of amides is 1. The van der Waals surface area contributed by atoms with Crippen LogP contribution in [0.1, 0.15) is 30.8 Å². The number of nitrogens with zero attached hydrogens (tertiary/aromatic N) is 5. The van der Waals surface area contributed by atoms with Crippen LogP contribution in [0.15, 0.2) is 11.1 Å². The predicted octanol–water partition coefficient (Wildman–Crippen LogP) is -1.32. The topological polar surface area (TPSA) is 120 Å². The molecule has 0 aliphatic rings. The molecule has 0 radical (unpaired) electrons. The first kappa shape index (κ1) is 14.1. The molecule has 9 nitrogen and oxygen atoms in total. The number of imidazole rings is 1. The van der Waals surface area contributed by atoms with Crippen LogP contribution in [0.2, 0.25) is 0 Å². The molecule has 9 heteroatoms. The van der Waals surface area contributed by atoms with Crippen molar-refractivity contribution in [2.45, 2.75) is 25.8 Å². The Bertz CT molecular complexity index is 700. The lowest BCUT2D eigenvalue weighted by molar-refractivity contribution is 0.0907. The number of aromatic nitrogens is 5. The number of carbonyl (C=O) groups is 1. The fourth-order valence-corrected chi connectivity index (χ4v) is 1.83. The van der Waals surface area contributed by atoms with Crippen LogP contribution in [0, 0.1) is 0 Å². The van der Waals surface area contributed by atoms with Crippen LogP contribution in [0.25, 0.3) is 5.65 Å². The molecule has 0 aliphatic heterocycles. The molecule has 2 aromatic rings. The third-order valence-electron chi connectivity index (χ3n) is 2.94. The van der Waals surface area contributed by atoms with E-state index in [4.69, 9.17) is 5.73 Å². The third kappa shape index (κ3) is 2.52. The van der Waals surface area contributed by atoms with Gasteiger partial charge in [0, 0.05) is 12.6 Å². The molecule has 108 valence electrons. The van der Waals surface area contributed by atoms with Crippen molar-refractivity contribution < 1.29 is 4.79 Å². The molecule has 0 saturated heterocycles. The molecule has 2 heterocycles. The van der Waals surface area contributed by atoms with Gasteiger partial charge in [-0.25, -0.2) is 14.2 Å². The van der Waals surface area contributed by atoms with Crippen molar-refractivity contribution in [2.24, 2.45) is 12.8 Å². The minimum absolute atomic E-state index is 0.0697. The summed E-state index contributed by atoms with van der Waals surface area (Å²) in [4.78, 5) is 27.9. The van der Waals surface area contributed by atoms with Crippen molar-refractivity contribution in [1.29, 1.82) is 0 Å². The standard InChI is InChI=1S/C11H17N7O2/c1-11(2,4-5-12)14-9(19)7-8-15-16-17(3)10(20)18(8)6-13-7/h6H,4-5,12H2,1-3H3,(H,14,19). The maximum Gasteiger partial charge on any atom is 0.352 e. The zero-order valence-corrected chi connectivity index (χ0v) is 11.6. The normalized spacial score (nSPS) is 11.8. The van der Waals surface area contributed by atoms with E-state index in [0.29, 0.717) is 13.0 Å². The van der Waals surface area contributed by atoms with Gasteiger partial charge in [-0.1, -0.05) is 5.21 Å². The summed E-state index contributed by atoms with van der Waals surface area (Å²) in [7, 11) is 1.47. The van der Waals surface area contributed by atoms with Crippen molar-refractivity contribution in [2.75, 3.05) is 6.54 Å². The Hall–Kier alpha value is -2.29. The predicted molar refractivity (Wildman–Crippen MR) is 71.2 cm³/mol. The summed E-state index contributed by atoms with van der Waals surface area (Å²) < 4.78 is 2.24. The summed E-state index contributed by atoms with van der Waals surface area (Å²) >= 11 is 0. The Morgan fingerprint density at radius 3 is 2.85 bits per heavy atom. The van der Waals surface area contributed by atoms with Crippen molar-refractivity contribution in [3.63, 3.8) is 0 Å². The number of nitrogens with two attached hydrogens (primary N) is 1. The van der Waals surface area contributed by atoms with Gasteiger partial charge in [0.25, 0.3) is 5.91 Å². The minimum Gasteiger partial charge on any atom is -0.346 e. The highest BCUT2D eigenvalue weighted by Gasteiger charge is 2.24. The Morgan fingerprint density at radius 1 is 1.50 bits per heavy atom. The van der Waals surface area contributed by atoms with Crippen LogP contribution in [0.4, 0.5) is 0 Å². The number of fused-ring (bicyclic) bond motifs is 1. The molecule has 2 rings (SSSR count). The van der Waals surface area contributed by atoms with E-state index in [9.17, 15) is 9.59 Å². The summed E-state index contributed by atoms with van der Waals surface area (Å²) in [5.74, 6) is -0.409. The second-order valence-corrected chi connectivity index (χ2v) is 5.16. The summed E-state index contributed by atoms with van der Waals surface area (Å²) in [6, 6.07) is 0. The van der Waals surface area contributed by atoms with E-state index >= 15 is 0 Å². The zero-order valence-electron chi connectivity index (χ0n) is 11.6. The molecule has 1 amide bonds. The van der Waals surface area contributed by atoms with Crippen LogP contribution in [0.3, 0.4) is 0 Å². The summed E-state index contributed by atoms with van der Waals surface area (Å²) in [6.45, 7) is 4.18. The van der Waals surface area contributed by atoms with E-state index in [0.717, 1.165) is 4.68 Å². The smallest absolute Gasteiger partial charge is 0.346 e. The average molecular weight is 279 g/mol. The van der Waals surface area contributed by atoms with Gasteiger partial charge >= 0.3 is 5.69 Å². The first-order valence-electron chi connectivity index (χ1n) is 6.15. The molecule has 20 heavy (non-hydrogen) atoms. The third-order valence-corrected chi connectivity index (χ3v) is 2.94. The van der Waals surface area contributed by atoms with Crippen LogP contribution >= 0.6 is 0 Å². The molecular formula is C11H17N7O2. The Balaban J connectivity index is 2.37. The molecular weight excluding hydrogens is 262 g/mol. The average Bonchev–Trinajstić information content (AvgIpc) is 2.77. The molecule has 0 spiro atoms. The number of hydrogen-bond acceptors (Lipinski definition) is 6. The van der Waals surface area contributed by atoms with Gasteiger partial charge < -0.3 is 11.1 Å². The Labute approximate surface area is 114 Å². The monoisotopic (exact) mass is 279 g/mol. The molecule has 0 atom stereocenters. The molecule has 0 aromatic carbocycles. The van der Waals surface area contributed by atoms with Gasteiger partial charge in [0.05, 0.1) is 0 Å². The number of carbonyl (C=O) groups excluding carboxylic acids is 1. The Kier molecular flexibility index (Phi) is 3.53. The summed E-state index contributed by atoms with van der Waals surface area (Å²) in [5, 5.41) is 10.3. The number of nitrogens with one attached hydrogen (secondary N) is 1. The lowest BCUT2D eigenvalue weighted by atomic mass is 10.0. The van der Waals surface area contributed by atoms with E-state index in [1.54, 1.807) is 0 Å². The van der Waals surface area contributed by atoms with Gasteiger partial charge in [-0.3, -0.25) is 4.79 Å². The van der Waals surface area contributed by atoms with Gasteiger partial charge in [-0.15, -0.1) is 5.10 Å². The molecule has 0 saturated carbocycles. The van der Waals surface area contributed by atoms with Gasteiger partial charge in [0.2, 0.25) is 0 Å². The lowest BCUT2D eigenvalue weighted by Crippen LogP contribution is -2.45. The van der Waals surface area contributed by atoms with Gasteiger partial charge in [-0.05, 0) is 26.8 Å². The lowest BCUT2D eigenvalue weighted by Gasteiger charge is -2.25. The fourth-order valence-electron chi connectivity index (χ4n) is 1.83. The van der Waals surface area contributed by atoms with Gasteiger partial charge in [-0.2, -0.15) is 4.68 Å². The maximum absolute atomic E-state index is 12.2. The minimum atomic E-state index is -0.463. The zero-order chi connectivity index (χ0) is 14.9. The van der Waals surface area contributed by atoms with Crippen LogP contribution in [-0.2, 0) is 7.05 Å². The number of aryl methyl sites for hydroxylation is 1. The van der Waals surface area contributed by atoms with E-state index in [1.165, 1.54) is 17.8 Å². The van der Waals surface area contributed by atoms with E-state index in [1.807, 2.05) is 13.8 Å². The Morgan fingerprint density at radius 2 is 2.20 bits per heavy atom. The molecule has 0 bridgehead atoms. The first-order chi connectivity index (χ1) is 9.35. The highest BCUT2D eigenvalue weighted by Crippen LogP contribution is 2.10. The second kappa shape index (κ2) is 5.00. The van der Waals surface area contributed by atoms with Crippen molar-refractivity contribution in [1.82, 2.24) is 29.7 Å². The highest BCUT2D eigenvalue weighted by atomic mass is 16.2. The van der Waals surface area contributed by atoms with Crippen molar-refractivity contribution in [3.8, 4) is 0 Å². The maximum atomic E-state index is 12.2. The van der Waals surface area contributed by atoms with Crippen molar-refractivity contribution in [3.05, 3.63) is 22.5 Å². The molecule has 0 unspecified atom stereocenters. The van der Waals surface area contributed by atoms with E-state index in [-0.39, 0.29) is 11.3 Å². The van der Waals surface area contributed by atoms with Gasteiger partial charge in [0.15, 0.2) is 11.3 Å². The molecule has 0 fully saturated rings. The van der Waals surface area contributed by atoms with Crippen LogP contribution in [0.5, 0.6) is 0 Å². The molecule has 3 N–H and O–H groups in total. The number of rotatable bonds is 4. The highest BCUT2D eigenvalue weighted by molar-refractivity contribution is 5.98. The second-order valence-electron chi connectivity index (χ2n) is 5.16. The van der Waals surface area contributed by atoms with E-state index in [2.05, 4.69) is 20.6 Å². The van der Waals surface area contributed by atoms with Crippen LogP contribution in [-0.4, -0.2) is 42.4 Å². The fraction of sp³-hybridized carbons (Fsp3) is 0.545. The van der Waals surface area contributed by atoms with Crippen LogP contribution < -0.4 is 16.7 Å². The molecule has 2 aromatic heterocycles.